The summed E-state index contributed by atoms with van der Waals surface area (Å²) in [5, 5.41) is 3.36. The quantitative estimate of drug-likeness (QED) is 0.747. The first kappa shape index (κ1) is 12.4. The summed E-state index contributed by atoms with van der Waals surface area (Å²) in [7, 11) is 0. The molecule has 0 saturated heterocycles. The maximum absolute atomic E-state index is 11.3. The Balaban J connectivity index is 2.04. The smallest absolute Gasteiger partial charge is 0.224 e. The number of carbonyl (C=O) groups is 1. The van der Waals surface area contributed by atoms with Crippen LogP contribution in [0.4, 0.5) is 17.1 Å². The van der Waals surface area contributed by atoms with Crippen molar-refractivity contribution in [2.75, 3.05) is 5.32 Å². The maximum atomic E-state index is 11.3. The molecule has 2 aromatic rings. The van der Waals surface area contributed by atoms with Crippen LogP contribution < -0.4 is 11.1 Å². The number of hydrogen-bond donors (Lipinski definition) is 2. The molecule has 2 aromatic carbocycles. The molecule has 20 heavy (non-hydrogen) atoms. The number of nitrogens with zero attached hydrogens (tertiary/aromatic N) is 1. The second-order valence-electron chi connectivity index (χ2n) is 4.87. The summed E-state index contributed by atoms with van der Waals surface area (Å²) in [6.45, 7) is 1.80. The highest BCUT2D eigenvalue weighted by Crippen LogP contribution is 2.34. The van der Waals surface area contributed by atoms with Crippen LogP contribution in [-0.2, 0) is 4.79 Å². The first-order valence-electron chi connectivity index (χ1n) is 6.48. The molecular formula is C16H15N3O. The Morgan fingerprint density at radius 1 is 1.20 bits per heavy atom. The summed E-state index contributed by atoms with van der Waals surface area (Å²) in [6, 6.07) is 13.7. The monoisotopic (exact) mass is 265 g/mol. The topological polar surface area (TPSA) is 67.5 Å². The Hall–Kier alpha value is -2.62. The molecule has 3 N–H and O–H groups in total. The van der Waals surface area contributed by atoms with E-state index in [0.717, 1.165) is 28.2 Å². The number of hydrogen-bond acceptors (Lipinski definition) is 3. The first-order chi connectivity index (χ1) is 9.65. The molecule has 0 saturated carbocycles. The third-order valence-corrected chi connectivity index (χ3v) is 3.52. The van der Waals surface area contributed by atoms with Gasteiger partial charge in [-0.05, 0) is 30.7 Å². The van der Waals surface area contributed by atoms with Crippen LogP contribution in [0.15, 0.2) is 47.5 Å². The number of carbonyl (C=O) groups excluding carboxylic acids is 1. The Morgan fingerprint density at radius 2 is 2.00 bits per heavy atom. The van der Waals surface area contributed by atoms with Crippen molar-refractivity contribution in [1.29, 1.82) is 0 Å². The number of rotatable bonds is 2. The molecule has 1 atom stereocenters. The molecule has 0 fully saturated rings. The van der Waals surface area contributed by atoms with Gasteiger partial charge < -0.3 is 11.1 Å². The summed E-state index contributed by atoms with van der Waals surface area (Å²) in [5.41, 5.74) is 10.0. The van der Waals surface area contributed by atoms with Gasteiger partial charge in [0.05, 0.1) is 17.3 Å². The van der Waals surface area contributed by atoms with Crippen molar-refractivity contribution in [3.63, 3.8) is 0 Å². The number of primary amides is 1. The van der Waals surface area contributed by atoms with Crippen LogP contribution in [0.3, 0.4) is 0 Å². The molecule has 100 valence electrons. The van der Waals surface area contributed by atoms with Crippen LogP contribution in [0.25, 0.3) is 0 Å². The Morgan fingerprint density at radius 3 is 2.80 bits per heavy atom. The highest BCUT2D eigenvalue weighted by Gasteiger charge is 2.15. The van der Waals surface area contributed by atoms with Crippen LogP contribution >= 0.6 is 0 Å². The lowest BCUT2D eigenvalue weighted by Crippen LogP contribution is -2.18. The predicted octanol–water partition coefficient (Wildman–Crippen LogP) is 3.08. The minimum atomic E-state index is -0.334. The zero-order valence-corrected chi connectivity index (χ0v) is 11.1. The lowest BCUT2D eigenvalue weighted by Gasteiger charge is -2.12. The lowest BCUT2D eigenvalue weighted by molar-refractivity contribution is -0.119. The number of fused-ring (bicyclic) bond motifs is 2. The number of nitrogens with one attached hydrogen (secondary N) is 1. The van der Waals surface area contributed by atoms with Gasteiger partial charge in [-0.25, -0.2) is 0 Å². The lowest BCUT2D eigenvalue weighted by atomic mass is 9.99. The first-order valence-corrected chi connectivity index (χ1v) is 6.48. The van der Waals surface area contributed by atoms with Gasteiger partial charge in [0.15, 0.2) is 0 Å². The molecule has 4 nitrogen and oxygen atoms in total. The van der Waals surface area contributed by atoms with Crippen LogP contribution in [-0.4, -0.2) is 12.1 Å². The number of nitrogens with two attached hydrogens (primary N) is 1. The molecule has 0 bridgehead atoms. The largest absolute Gasteiger partial charge is 0.369 e. The fraction of sp³-hybridized carbons (Fsp3) is 0.125. The molecule has 0 aromatic heterocycles. The summed E-state index contributed by atoms with van der Waals surface area (Å²) >= 11 is 0. The van der Waals surface area contributed by atoms with E-state index in [1.807, 2.05) is 48.7 Å². The molecule has 1 amide bonds. The number of anilines is 2. The van der Waals surface area contributed by atoms with E-state index in [4.69, 9.17) is 5.73 Å². The average Bonchev–Trinajstić information content (AvgIpc) is 2.64. The molecule has 4 heteroatoms. The van der Waals surface area contributed by atoms with E-state index in [-0.39, 0.29) is 11.8 Å². The van der Waals surface area contributed by atoms with E-state index in [1.165, 1.54) is 0 Å². The summed E-state index contributed by atoms with van der Waals surface area (Å²) < 4.78 is 0. The van der Waals surface area contributed by atoms with Crippen LogP contribution in [0.1, 0.15) is 24.0 Å². The Labute approximate surface area is 117 Å². The van der Waals surface area contributed by atoms with Crippen LogP contribution in [0.5, 0.6) is 0 Å². The van der Waals surface area contributed by atoms with Crippen LogP contribution in [0.2, 0.25) is 0 Å². The van der Waals surface area contributed by atoms with Gasteiger partial charge in [0.1, 0.15) is 0 Å². The summed E-state index contributed by atoms with van der Waals surface area (Å²) in [5.74, 6) is -0.653. The van der Waals surface area contributed by atoms with Gasteiger partial charge in [-0.3, -0.25) is 9.79 Å². The third kappa shape index (κ3) is 2.16. The normalized spacial score (nSPS) is 13.7. The van der Waals surface area contributed by atoms with E-state index in [1.54, 1.807) is 6.92 Å². The van der Waals surface area contributed by atoms with Crippen molar-refractivity contribution < 1.29 is 4.79 Å². The van der Waals surface area contributed by atoms with E-state index >= 15 is 0 Å². The van der Waals surface area contributed by atoms with Gasteiger partial charge >= 0.3 is 0 Å². The fourth-order valence-electron chi connectivity index (χ4n) is 2.20. The van der Waals surface area contributed by atoms with Gasteiger partial charge in [0.2, 0.25) is 5.91 Å². The molecule has 0 aliphatic carbocycles. The van der Waals surface area contributed by atoms with Gasteiger partial charge in [-0.1, -0.05) is 24.3 Å². The van der Waals surface area contributed by atoms with Gasteiger partial charge in [0, 0.05) is 17.5 Å². The van der Waals surface area contributed by atoms with Gasteiger partial charge in [-0.15, -0.1) is 0 Å². The molecule has 1 unspecified atom stereocenters. The van der Waals surface area contributed by atoms with Crippen molar-refractivity contribution in [1.82, 2.24) is 0 Å². The number of aliphatic imine (C=N–C) groups is 1. The Bertz CT molecular complexity index is 707. The highest BCUT2D eigenvalue weighted by atomic mass is 16.1. The maximum Gasteiger partial charge on any atom is 0.224 e. The van der Waals surface area contributed by atoms with Gasteiger partial charge in [-0.2, -0.15) is 0 Å². The van der Waals surface area contributed by atoms with E-state index in [2.05, 4.69) is 10.3 Å². The van der Waals surface area contributed by atoms with E-state index in [0.29, 0.717) is 0 Å². The summed E-state index contributed by atoms with van der Waals surface area (Å²) in [6.07, 6.45) is 1.83. The second-order valence-corrected chi connectivity index (χ2v) is 4.87. The van der Waals surface area contributed by atoms with Gasteiger partial charge in [0.25, 0.3) is 0 Å². The number of amides is 1. The van der Waals surface area contributed by atoms with Crippen molar-refractivity contribution in [2.24, 2.45) is 10.7 Å². The Kier molecular flexibility index (Phi) is 2.99. The SMILES string of the molecule is CC(C(N)=O)c1ccc2c(c1)N=Cc1ccccc1N2. The van der Waals surface area contributed by atoms with E-state index < -0.39 is 0 Å². The second kappa shape index (κ2) is 4.81. The minimum Gasteiger partial charge on any atom is -0.369 e. The standard InChI is InChI=1S/C16H15N3O/c1-10(16(17)20)11-6-7-14-15(8-11)18-9-12-4-2-3-5-13(12)19-14/h2-10,19H,1H3,(H2,17,20). The van der Waals surface area contributed by atoms with Crippen molar-refractivity contribution in [3.8, 4) is 0 Å². The fourth-order valence-corrected chi connectivity index (χ4v) is 2.20. The molecule has 1 aliphatic rings. The predicted molar refractivity (Wildman–Crippen MR) is 81.0 cm³/mol. The van der Waals surface area contributed by atoms with Crippen molar-refractivity contribution in [2.45, 2.75) is 12.8 Å². The zero-order chi connectivity index (χ0) is 14.1. The number of para-hydroxylation sites is 1. The third-order valence-electron chi connectivity index (χ3n) is 3.52. The molecule has 3 rings (SSSR count). The zero-order valence-electron chi connectivity index (χ0n) is 11.1. The summed E-state index contributed by atoms with van der Waals surface area (Å²) in [4.78, 5) is 15.8. The van der Waals surface area contributed by atoms with Crippen molar-refractivity contribution >= 4 is 29.2 Å². The molecule has 1 aliphatic heterocycles. The molecule has 0 spiro atoms. The molecule has 1 heterocycles. The van der Waals surface area contributed by atoms with E-state index in [9.17, 15) is 4.79 Å². The average molecular weight is 265 g/mol. The number of benzene rings is 2. The molecule has 0 radical (unpaired) electrons. The minimum absolute atomic E-state index is 0.318. The van der Waals surface area contributed by atoms with Crippen molar-refractivity contribution in [3.05, 3.63) is 53.6 Å². The van der Waals surface area contributed by atoms with Crippen LogP contribution in [0, 0.1) is 0 Å². The molecular weight excluding hydrogens is 250 g/mol. The highest BCUT2D eigenvalue weighted by molar-refractivity contribution is 5.95.